The van der Waals surface area contributed by atoms with Crippen molar-refractivity contribution in [2.24, 2.45) is 17.3 Å². The van der Waals surface area contributed by atoms with Crippen molar-refractivity contribution in [1.82, 2.24) is 0 Å². The van der Waals surface area contributed by atoms with Gasteiger partial charge in [-0.05, 0) is 96.9 Å². The van der Waals surface area contributed by atoms with Gasteiger partial charge in [0.2, 0.25) is 0 Å². The van der Waals surface area contributed by atoms with E-state index in [0.29, 0.717) is 36.3 Å². The largest absolute Gasteiger partial charge is 0.427 e. The standard InChI is InChI=1S/C27H32O3/c1-27-16-15-22-21-11-9-20(30-26(29)14-7-18-5-3-2-4-6-18)17-19(21)8-10-23(22)24(27)12-13-25(27)28/h2-6,9,11,17,22-25,28H,7-8,10,12-16H2,1H3. The Morgan fingerprint density at radius 3 is 2.77 bits per heavy atom. The van der Waals surface area contributed by atoms with Crippen LogP contribution in [0.4, 0.5) is 0 Å². The number of carbonyl (C=O) groups is 1. The second-order valence-corrected chi connectivity index (χ2v) is 9.87. The van der Waals surface area contributed by atoms with Gasteiger partial charge in [0, 0.05) is 6.42 Å². The first-order valence-electron chi connectivity index (χ1n) is 11.6. The fourth-order valence-electron chi connectivity index (χ4n) is 6.67. The van der Waals surface area contributed by atoms with Gasteiger partial charge in [0.1, 0.15) is 5.75 Å². The van der Waals surface area contributed by atoms with Crippen LogP contribution < -0.4 is 4.74 Å². The van der Waals surface area contributed by atoms with Crippen LogP contribution in [0.15, 0.2) is 48.5 Å². The van der Waals surface area contributed by atoms with Gasteiger partial charge in [-0.25, -0.2) is 0 Å². The first-order chi connectivity index (χ1) is 14.5. The molecule has 2 aromatic rings. The topological polar surface area (TPSA) is 46.5 Å². The van der Waals surface area contributed by atoms with E-state index in [-0.39, 0.29) is 17.5 Å². The van der Waals surface area contributed by atoms with E-state index in [1.807, 2.05) is 36.4 Å². The number of esters is 1. The van der Waals surface area contributed by atoms with Crippen molar-refractivity contribution in [1.29, 1.82) is 0 Å². The summed E-state index contributed by atoms with van der Waals surface area (Å²) in [6.45, 7) is 2.32. The maximum absolute atomic E-state index is 12.3. The summed E-state index contributed by atoms with van der Waals surface area (Å²) in [4.78, 5) is 12.3. The normalized spacial score (nSPS) is 32.1. The molecule has 3 aliphatic rings. The third kappa shape index (κ3) is 3.47. The van der Waals surface area contributed by atoms with E-state index >= 15 is 0 Å². The molecule has 2 saturated carbocycles. The quantitative estimate of drug-likeness (QED) is 0.545. The van der Waals surface area contributed by atoms with Gasteiger partial charge >= 0.3 is 5.97 Å². The number of hydrogen-bond donors (Lipinski definition) is 1. The molecule has 0 aromatic heterocycles. The molecule has 2 aromatic carbocycles. The van der Waals surface area contributed by atoms with Crippen molar-refractivity contribution in [2.45, 2.75) is 70.3 Å². The van der Waals surface area contributed by atoms with Crippen molar-refractivity contribution in [3.63, 3.8) is 0 Å². The van der Waals surface area contributed by atoms with E-state index in [1.54, 1.807) is 0 Å². The highest BCUT2D eigenvalue weighted by Gasteiger charge is 2.54. The van der Waals surface area contributed by atoms with Gasteiger partial charge in [-0.1, -0.05) is 43.3 Å². The lowest BCUT2D eigenvalue weighted by Crippen LogP contribution is -2.43. The molecular formula is C27H32O3. The Balaban J connectivity index is 1.26. The molecule has 5 rings (SSSR count). The van der Waals surface area contributed by atoms with Gasteiger partial charge in [-0.2, -0.15) is 0 Å². The van der Waals surface area contributed by atoms with Crippen LogP contribution in [0.2, 0.25) is 0 Å². The highest BCUT2D eigenvalue weighted by Crippen LogP contribution is 2.60. The van der Waals surface area contributed by atoms with Crippen molar-refractivity contribution in [2.75, 3.05) is 0 Å². The van der Waals surface area contributed by atoms with E-state index in [1.165, 1.54) is 24.0 Å². The highest BCUT2D eigenvalue weighted by molar-refractivity contribution is 5.72. The zero-order valence-corrected chi connectivity index (χ0v) is 17.8. The van der Waals surface area contributed by atoms with E-state index in [9.17, 15) is 9.90 Å². The summed E-state index contributed by atoms with van der Waals surface area (Å²) in [5.74, 6) is 2.45. The van der Waals surface area contributed by atoms with Crippen molar-refractivity contribution < 1.29 is 14.6 Å². The Kier molecular flexibility index (Phi) is 5.18. The number of aliphatic hydroxyl groups is 1. The lowest BCUT2D eigenvalue weighted by Gasteiger charge is -2.50. The molecule has 5 atom stereocenters. The molecule has 158 valence electrons. The summed E-state index contributed by atoms with van der Waals surface area (Å²) in [5, 5.41) is 10.6. The predicted octanol–water partition coefficient (Wildman–Crippen LogP) is 5.44. The minimum absolute atomic E-state index is 0.118. The van der Waals surface area contributed by atoms with Crippen LogP contribution in [0.5, 0.6) is 5.75 Å². The SMILES string of the molecule is CC12CCC3c4ccc(OC(=O)CCc5ccccc5)cc4CCC3C1CCC2O. The fraction of sp³-hybridized carbons (Fsp3) is 0.519. The molecule has 0 heterocycles. The molecule has 2 fully saturated rings. The van der Waals surface area contributed by atoms with Crippen LogP contribution in [0.3, 0.4) is 0 Å². The molecule has 0 saturated heterocycles. The molecule has 5 unspecified atom stereocenters. The fourth-order valence-corrected chi connectivity index (χ4v) is 6.67. The molecule has 1 N–H and O–H groups in total. The minimum Gasteiger partial charge on any atom is -0.427 e. The second-order valence-electron chi connectivity index (χ2n) is 9.87. The maximum Gasteiger partial charge on any atom is 0.311 e. The Morgan fingerprint density at radius 1 is 1.10 bits per heavy atom. The van der Waals surface area contributed by atoms with Gasteiger partial charge in [-0.3, -0.25) is 4.79 Å². The first-order valence-corrected chi connectivity index (χ1v) is 11.6. The number of ether oxygens (including phenoxy) is 1. The second kappa shape index (κ2) is 7.85. The Bertz CT molecular complexity index is 921. The average Bonchev–Trinajstić information content (AvgIpc) is 3.07. The van der Waals surface area contributed by atoms with E-state index in [2.05, 4.69) is 19.1 Å². The number of aliphatic hydroxyl groups excluding tert-OH is 1. The summed E-state index contributed by atoms with van der Waals surface area (Å²) in [7, 11) is 0. The molecule has 0 aliphatic heterocycles. The summed E-state index contributed by atoms with van der Waals surface area (Å²) in [6, 6.07) is 16.4. The molecule has 3 heteroatoms. The molecule has 3 nitrogen and oxygen atoms in total. The van der Waals surface area contributed by atoms with Crippen molar-refractivity contribution in [3.05, 3.63) is 65.2 Å². The van der Waals surface area contributed by atoms with Gasteiger partial charge in [0.05, 0.1) is 6.10 Å². The maximum atomic E-state index is 12.3. The highest BCUT2D eigenvalue weighted by atomic mass is 16.5. The van der Waals surface area contributed by atoms with Crippen LogP contribution in [0.25, 0.3) is 0 Å². The number of hydrogen-bond acceptors (Lipinski definition) is 3. The van der Waals surface area contributed by atoms with Gasteiger partial charge in [-0.15, -0.1) is 0 Å². The molecular weight excluding hydrogens is 372 g/mol. The van der Waals surface area contributed by atoms with Gasteiger partial charge in [0.15, 0.2) is 0 Å². The minimum atomic E-state index is -0.166. The third-order valence-electron chi connectivity index (χ3n) is 8.34. The van der Waals surface area contributed by atoms with Crippen LogP contribution in [0, 0.1) is 17.3 Å². The molecule has 0 amide bonds. The first kappa shape index (κ1) is 19.8. The Hall–Kier alpha value is -2.13. The monoisotopic (exact) mass is 404 g/mol. The van der Waals surface area contributed by atoms with Crippen LogP contribution in [-0.2, 0) is 17.6 Å². The number of benzene rings is 2. The van der Waals surface area contributed by atoms with Crippen LogP contribution in [-0.4, -0.2) is 17.2 Å². The number of rotatable bonds is 4. The van der Waals surface area contributed by atoms with E-state index in [4.69, 9.17) is 4.74 Å². The Labute approximate surface area is 179 Å². The molecule has 30 heavy (non-hydrogen) atoms. The van der Waals surface area contributed by atoms with Crippen LogP contribution in [0.1, 0.15) is 68.1 Å². The van der Waals surface area contributed by atoms with E-state index in [0.717, 1.165) is 31.2 Å². The molecule has 0 radical (unpaired) electrons. The summed E-state index contributed by atoms with van der Waals surface area (Å²) < 4.78 is 5.67. The van der Waals surface area contributed by atoms with Crippen molar-refractivity contribution in [3.8, 4) is 5.75 Å². The summed E-state index contributed by atoms with van der Waals surface area (Å²) in [6.07, 6.45) is 7.65. The molecule has 3 aliphatic carbocycles. The zero-order chi connectivity index (χ0) is 20.7. The van der Waals surface area contributed by atoms with Crippen LogP contribution >= 0.6 is 0 Å². The number of carbonyl (C=O) groups excluding carboxylic acids is 1. The van der Waals surface area contributed by atoms with Crippen molar-refractivity contribution >= 4 is 5.97 Å². The molecule has 0 spiro atoms. The predicted molar refractivity (Wildman–Crippen MR) is 117 cm³/mol. The summed E-state index contributed by atoms with van der Waals surface area (Å²) >= 11 is 0. The number of aryl methyl sites for hydroxylation is 2. The number of fused-ring (bicyclic) bond motifs is 5. The molecule has 0 bridgehead atoms. The smallest absolute Gasteiger partial charge is 0.311 e. The summed E-state index contributed by atoms with van der Waals surface area (Å²) in [5.41, 5.74) is 4.09. The average molecular weight is 405 g/mol. The zero-order valence-electron chi connectivity index (χ0n) is 17.8. The third-order valence-corrected chi connectivity index (χ3v) is 8.34. The van der Waals surface area contributed by atoms with Gasteiger partial charge in [0.25, 0.3) is 0 Å². The van der Waals surface area contributed by atoms with Gasteiger partial charge < -0.3 is 9.84 Å². The van der Waals surface area contributed by atoms with E-state index < -0.39 is 0 Å². The lowest BCUT2D eigenvalue weighted by molar-refractivity contribution is -0.134. The lowest BCUT2D eigenvalue weighted by atomic mass is 9.55. The Morgan fingerprint density at radius 2 is 1.93 bits per heavy atom.